The number of hydrogen-bond acceptors (Lipinski definition) is 6. The van der Waals surface area contributed by atoms with Gasteiger partial charge in [0, 0.05) is 48.5 Å². The molecule has 4 heterocycles. The summed E-state index contributed by atoms with van der Waals surface area (Å²) < 4.78 is 1.87. The second kappa shape index (κ2) is 7.66. The van der Waals surface area contributed by atoms with E-state index in [1.807, 2.05) is 29.0 Å². The number of imidazole rings is 1. The van der Waals surface area contributed by atoms with Gasteiger partial charge in [-0.1, -0.05) is 11.6 Å². The van der Waals surface area contributed by atoms with Gasteiger partial charge in [-0.25, -0.2) is 15.0 Å². The van der Waals surface area contributed by atoms with Crippen LogP contribution in [-0.2, 0) is 4.79 Å². The Hall–Kier alpha value is -2.45. The molecule has 0 unspecified atom stereocenters. The van der Waals surface area contributed by atoms with Gasteiger partial charge in [-0.15, -0.1) is 11.3 Å². The fourth-order valence-electron chi connectivity index (χ4n) is 3.20. The number of nitrogens with one attached hydrogen (secondary N) is 1. The van der Waals surface area contributed by atoms with E-state index in [0.29, 0.717) is 5.15 Å². The molecule has 3 aromatic heterocycles. The highest BCUT2D eigenvalue weighted by Gasteiger charge is 2.21. The highest BCUT2D eigenvalue weighted by molar-refractivity contribution is 7.15. The molecule has 0 saturated carbocycles. The van der Waals surface area contributed by atoms with Crippen molar-refractivity contribution in [3.63, 3.8) is 0 Å². The molecule has 1 aliphatic heterocycles. The van der Waals surface area contributed by atoms with Gasteiger partial charge in [0.15, 0.2) is 10.1 Å². The number of rotatable bonds is 4. The molecule has 0 spiro atoms. The standard InChI is InChI=1S/C18H19ClN6OS/c1-12-10-15(21-11-20-12)24-6-4-13(5-7-24)22-16(26)3-2-14-17(19)23-18-25(14)8-9-27-18/h2-3,8-11,13H,4-7H2,1H3,(H,22,26)/b3-2+. The summed E-state index contributed by atoms with van der Waals surface area (Å²) in [4.78, 5) is 28.1. The number of amides is 1. The molecule has 7 nitrogen and oxygen atoms in total. The topological polar surface area (TPSA) is 75.4 Å². The number of carbonyl (C=O) groups is 1. The Morgan fingerprint density at radius 1 is 1.37 bits per heavy atom. The van der Waals surface area contributed by atoms with Gasteiger partial charge in [-0.05, 0) is 25.8 Å². The van der Waals surface area contributed by atoms with Crippen LogP contribution in [0, 0.1) is 6.92 Å². The normalized spacial score (nSPS) is 15.7. The lowest BCUT2D eigenvalue weighted by molar-refractivity contribution is -0.117. The first-order chi connectivity index (χ1) is 13.1. The van der Waals surface area contributed by atoms with Crippen LogP contribution in [0.25, 0.3) is 11.0 Å². The summed E-state index contributed by atoms with van der Waals surface area (Å²) in [6.07, 6.45) is 8.47. The van der Waals surface area contributed by atoms with Crippen LogP contribution in [0.1, 0.15) is 24.2 Å². The van der Waals surface area contributed by atoms with Crippen LogP contribution in [0.2, 0.25) is 5.15 Å². The van der Waals surface area contributed by atoms with Gasteiger partial charge in [0.05, 0.1) is 5.69 Å². The average Bonchev–Trinajstić information content (AvgIpc) is 3.21. The van der Waals surface area contributed by atoms with E-state index in [4.69, 9.17) is 11.6 Å². The number of halogens is 1. The zero-order chi connectivity index (χ0) is 18.8. The van der Waals surface area contributed by atoms with E-state index in [0.717, 1.165) is 48.1 Å². The Balaban J connectivity index is 1.33. The molecule has 1 saturated heterocycles. The van der Waals surface area contributed by atoms with Gasteiger partial charge in [0.1, 0.15) is 12.1 Å². The van der Waals surface area contributed by atoms with Gasteiger partial charge < -0.3 is 10.2 Å². The number of carbonyl (C=O) groups excluding carboxylic acids is 1. The summed E-state index contributed by atoms with van der Waals surface area (Å²) in [5.74, 6) is 0.829. The van der Waals surface area contributed by atoms with Crippen molar-refractivity contribution in [1.82, 2.24) is 24.7 Å². The molecule has 0 bridgehead atoms. The van der Waals surface area contributed by atoms with Gasteiger partial charge in [0.2, 0.25) is 5.91 Å². The molecule has 9 heteroatoms. The number of piperidine rings is 1. The van der Waals surface area contributed by atoms with Crippen LogP contribution in [0.5, 0.6) is 0 Å². The molecule has 3 aromatic rings. The molecule has 1 fully saturated rings. The highest BCUT2D eigenvalue weighted by atomic mass is 35.5. The quantitative estimate of drug-likeness (QED) is 0.679. The second-order valence-electron chi connectivity index (χ2n) is 6.46. The van der Waals surface area contributed by atoms with Gasteiger partial charge >= 0.3 is 0 Å². The Kier molecular flexibility index (Phi) is 5.09. The van der Waals surface area contributed by atoms with Crippen molar-refractivity contribution in [2.75, 3.05) is 18.0 Å². The Bertz CT molecular complexity index is 989. The van der Waals surface area contributed by atoms with Crippen molar-refractivity contribution in [3.05, 3.63) is 46.6 Å². The number of aryl methyl sites for hydroxylation is 1. The molecule has 4 rings (SSSR count). The SMILES string of the molecule is Cc1cc(N2CCC(NC(=O)/C=C/c3c(Cl)nc4sccn34)CC2)ncn1. The van der Waals surface area contributed by atoms with Gasteiger partial charge in [-0.3, -0.25) is 9.20 Å². The molecule has 0 radical (unpaired) electrons. The fourth-order valence-corrected chi connectivity index (χ4v) is 4.20. The number of hydrogen-bond donors (Lipinski definition) is 1. The first kappa shape index (κ1) is 17.9. The highest BCUT2D eigenvalue weighted by Crippen LogP contribution is 2.22. The average molecular weight is 403 g/mol. The zero-order valence-corrected chi connectivity index (χ0v) is 16.4. The maximum Gasteiger partial charge on any atom is 0.244 e. The predicted octanol–water partition coefficient (Wildman–Crippen LogP) is 2.95. The zero-order valence-electron chi connectivity index (χ0n) is 14.8. The Morgan fingerprint density at radius 2 is 2.19 bits per heavy atom. The lowest BCUT2D eigenvalue weighted by Gasteiger charge is -2.33. The lowest BCUT2D eigenvalue weighted by atomic mass is 10.0. The summed E-state index contributed by atoms with van der Waals surface area (Å²) >= 11 is 7.65. The molecule has 0 aromatic carbocycles. The number of fused-ring (bicyclic) bond motifs is 1. The van der Waals surface area contributed by atoms with Crippen LogP contribution in [0.15, 0.2) is 30.0 Å². The van der Waals surface area contributed by atoms with Gasteiger partial charge in [-0.2, -0.15) is 0 Å². The smallest absolute Gasteiger partial charge is 0.244 e. The molecular weight excluding hydrogens is 384 g/mol. The predicted molar refractivity (Wildman–Crippen MR) is 107 cm³/mol. The molecule has 27 heavy (non-hydrogen) atoms. The molecule has 0 aliphatic carbocycles. The van der Waals surface area contributed by atoms with E-state index >= 15 is 0 Å². The van der Waals surface area contributed by atoms with Crippen LogP contribution >= 0.6 is 22.9 Å². The van der Waals surface area contributed by atoms with Crippen LogP contribution in [0.3, 0.4) is 0 Å². The van der Waals surface area contributed by atoms with Gasteiger partial charge in [0.25, 0.3) is 0 Å². The third kappa shape index (κ3) is 3.96. The minimum Gasteiger partial charge on any atom is -0.356 e. The second-order valence-corrected chi connectivity index (χ2v) is 7.70. The number of anilines is 1. The Labute approximate surface area is 165 Å². The maximum atomic E-state index is 12.3. The largest absolute Gasteiger partial charge is 0.356 e. The van der Waals surface area contributed by atoms with E-state index in [2.05, 4.69) is 25.2 Å². The van der Waals surface area contributed by atoms with E-state index in [-0.39, 0.29) is 11.9 Å². The van der Waals surface area contributed by atoms with E-state index in [9.17, 15) is 4.79 Å². The fraction of sp³-hybridized carbons (Fsp3) is 0.333. The molecule has 1 aliphatic rings. The van der Waals surface area contributed by atoms with E-state index in [1.165, 1.54) is 17.4 Å². The Morgan fingerprint density at radius 3 is 2.96 bits per heavy atom. The number of thiazole rings is 1. The molecule has 1 amide bonds. The summed E-state index contributed by atoms with van der Waals surface area (Å²) in [5, 5.41) is 5.41. The third-order valence-corrected chi connectivity index (χ3v) is 5.64. The van der Waals surface area contributed by atoms with Crippen molar-refractivity contribution < 1.29 is 4.79 Å². The molecule has 0 atom stereocenters. The first-order valence-corrected chi connectivity index (χ1v) is 9.99. The number of aromatic nitrogens is 4. The van der Waals surface area contributed by atoms with Crippen LogP contribution in [-0.4, -0.2) is 44.4 Å². The minimum absolute atomic E-state index is 0.118. The molecular formula is C18H19ClN6OS. The first-order valence-electron chi connectivity index (χ1n) is 8.73. The number of nitrogens with zero attached hydrogens (tertiary/aromatic N) is 5. The van der Waals surface area contributed by atoms with E-state index < -0.39 is 0 Å². The summed E-state index contributed by atoms with van der Waals surface area (Å²) in [6.45, 7) is 3.67. The lowest BCUT2D eigenvalue weighted by Crippen LogP contribution is -2.44. The summed E-state index contributed by atoms with van der Waals surface area (Å²) in [5.41, 5.74) is 1.68. The summed E-state index contributed by atoms with van der Waals surface area (Å²) in [7, 11) is 0. The van der Waals surface area contributed by atoms with Crippen molar-refractivity contribution in [3.8, 4) is 0 Å². The minimum atomic E-state index is -0.118. The maximum absolute atomic E-state index is 12.3. The molecule has 140 valence electrons. The van der Waals surface area contributed by atoms with Crippen molar-refractivity contribution in [2.45, 2.75) is 25.8 Å². The van der Waals surface area contributed by atoms with Crippen LogP contribution < -0.4 is 10.2 Å². The van der Waals surface area contributed by atoms with Crippen LogP contribution in [0.4, 0.5) is 5.82 Å². The molecule has 1 N–H and O–H groups in total. The monoisotopic (exact) mass is 402 g/mol. The van der Waals surface area contributed by atoms with Crippen molar-refractivity contribution >= 4 is 45.7 Å². The van der Waals surface area contributed by atoms with Crippen molar-refractivity contribution in [1.29, 1.82) is 0 Å². The van der Waals surface area contributed by atoms with Crippen molar-refractivity contribution in [2.24, 2.45) is 0 Å². The summed E-state index contributed by atoms with van der Waals surface area (Å²) in [6, 6.07) is 2.14. The van der Waals surface area contributed by atoms with E-state index in [1.54, 1.807) is 12.4 Å². The third-order valence-electron chi connectivity index (χ3n) is 4.60.